The Morgan fingerprint density at radius 2 is 1.61 bits per heavy atom. The van der Waals surface area contributed by atoms with Crippen molar-refractivity contribution in [3.63, 3.8) is 0 Å². The number of hydrogen-bond acceptors (Lipinski definition) is 5. The average molecular weight is 334 g/mol. The van der Waals surface area contributed by atoms with Crippen molar-refractivity contribution in [2.24, 2.45) is 0 Å². The molecule has 124 valence electrons. The molecule has 0 saturated carbocycles. The molecule has 0 atom stereocenters. The lowest BCUT2D eigenvalue weighted by atomic mass is 10.00. The summed E-state index contributed by atoms with van der Waals surface area (Å²) in [5.41, 5.74) is 2.74. The number of nitrogens with zero attached hydrogens (tertiary/aromatic N) is 2. The van der Waals surface area contributed by atoms with E-state index < -0.39 is 11.8 Å². The first-order valence-corrected chi connectivity index (χ1v) is 7.90. The van der Waals surface area contributed by atoms with Crippen LogP contribution in [-0.4, -0.2) is 53.9 Å². The van der Waals surface area contributed by atoms with Crippen molar-refractivity contribution in [2.75, 3.05) is 27.2 Å². The molecule has 1 fully saturated rings. The first-order chi connectivity index (χ1) is 10.8. The Hall–Kier alpha value is -1.99. The van der Waals surface area contributed by atoms with Crippen molar-refractivity contribution in [3.05, 3.63) is 34.7 Å². The minimum atomic E-state index is -0.456. The van der Waals surface area contributed by atoms with Crippen LogP contribution in [0.15, 0.2) is 34.7 Å². The van der Waals surface area contributed by atoms with Crippen LogP contribution in [0.4, 0.5) is 0 Å². The number of amides is 2. The van der Waals surface area contributed by atoms with Gasteiger partial charge < -0.3 is 9.80 Å². The largest absolute Gasteiger partial charge is 0.349 e. The summed E-state index contributed by atoms with van der Waals surface area (Å²) in [6.07, 6.45) is 4.77. The molecule has 2 N–H and O–H groups in total. The average Bonchev–Trinajstić information content (AvgIpc) is 2.40. The minimum Gasteiger partial charge on any atom is -0.349 e. The highest BCUT2D eigenvalue weighted by molar-refractivity contribution is 7.80. The number of allylic oxidation sites excluding steroid dienone is 5. The van der Waals surface area contributed by atoms with Gasteiger partial charge in [-0.15, -0.1) is 0 Å². The molecule has 0 aliphatic carbocycles. The Bertz CT molecular complexity index is 602. The Morgan fingerprint density at radius 3 is 2.09 bits per heavy atom. The third-order valence-electron chi connectivity index (χ3n) is 3.76. The first-order valence-electron chi connectivity index (χ1n) is 7.49. The van der Waals surface area contributed by atoms with Gasteiger partial charge in [0.2, 0.25) is 0 Å². The van der Waals surface area contributed by atoms with Crippen LogP contribution in [0, 0.1) is 0 Å². The SMILES string of the molecule is CC1=CC(=C2C(=O)NC(=S)NC2=O)C=C(C)N1CCCN(C)C. The van der Waals surface area contributed by atoms with Gasteiger partial charge in [-0.25, -0.2) is 0 Å². The van der Waals surface area contributed by atoms with E-state index in [0.29, 0.717) is 5.57 Å². The monoisotopic (exact) mass is 334 g/mol. The summed E-state index contributed by atoms with van der Waals surface area (Å²) in [7, 11) is 4.10. The smallest absolute Gasteiger partial charge is 0.263 e. The maximum absolute atomic E-state index is 12.1. The molecule has 0 aromatic carbocycles. The second kappa shape index (κ2) is 7.06. The molecule has 7 heteroatoms. The third kappa shape index (κ3) is 4.05. The first kappa shape index (κ1) is 17.4. The summed E-state index contributed by atoms with van der Waals surface area (Å²) >= 11 is 4.82. The van der Waals surface area contributed by atoms with Gasteiger partial charge in [0.25, 0.3) is 11.8 Å². The minimum absolute atomic E-state index is 0.0480. The van der Waals surface area contributed by atoms with E-state index in [4.69, 9.17) is 12.2 Å². The zero-order valence-electron chi connectivity index (χ0n) is 13.9. The Balaban J connectivity index is 2.23. The van der Waals surface area contributed by atoms with E-state index in [-0.39, 0.29) is 10.7 Å². The molecule has 0 unspecified atom stereocenters. The van der Waals surface area contributed by atoms with Crippen LogP contribution in [0.25, 0.3) is 0 Å². The van der Waals surface area contributed by atoms with Crippen molar-refractivity contribution in [3.8, 4) is 0 Å². The van der Waals surface area contributed by atoms with Gasteiger partial charge in [-0.2, -0.15) is 0 Å². The fourth-order valence-electron chi connectivity index (χ4n) is 2.70. The number of carbonyl (C=O) groups excluding carboxylic acids is 2. The molecule has 2 amide bonds. The van der Waals surface area contributed by atoms with Crippen molar-refractivity contribution in [1.82, 2.24) is 20.4 Å². The van der Waals surface area contributed by atoms with Gasteiger partial charge in [0.15, 0.2) is 5.11 Å². The van der Waals surface area contributed by atoms with Crippen LogP contribution in [0.1, 0.15) is 20.3 Å². The van der Waals surface area contributed by atoms with Gasteiger partial charge in [0.1, 0.15) is 5.57 Å². The molecular weight excluding hydrogens is 312 g/mol. The Morgan fingerprint density at radius 1 is 1.09 bits per heavy atom. The molecule has 0 spiro atoms. The molecule has 0 bridgehead atoms. The van der Waals surface area contributed by atoms with Crippen LogP contribution in [-0.2, 0) is 9.59 Å². The zero-order chi connectivity index (χ0) is 17.1. The molecule has 1 saturated heterocycles. The van der Waals surface area contributed by atoms with Crippen molar-refractivity contribution in [1.29, 1.82) is 0 Å². The number of hydrogen-bond donors (Lipinski definition) is 2. The lowest BCUT2D eigenvalue weighted by molar-refractivity contribution is -0.123. The van der Waals surface area contributed by atoms with Crippen molar-refractivity contribution >= 4 is 29.1 Å². The number of thiocarbonyl (C=S) groups is 1. The molecule has 2 aliphatic rings. The maximum Gasteiger partial charge on any atom is 0.263 e. The van der Waals surface area contributed by atoms with E-state index in [2.05, 4.69) is 34.5 Å². The highest BCUT2D eigenvalue weighted by atomic mass is 32.1. The van der Waals surface area contributed by atoms with Crippen LogP contribution in [0.2, 0.25) is 0 Å². The van der Waals surface area contributed by atoms with Crippen molar-refractivity contribution in [2.45, 2.75) is 20.3 Å². The summed E-state index contributed by atoms with van der Waals surface area (Å²) in [5, 5.41) is 4.99. The molecule has 2 rings (SSSR count). The number of rotatable bonds is 4. The topological polar surface area (TPSA) is 64.7 Å². The molecular formula is C16H22N4O2S. The second-order valence-corrected chi connectivity index (χ2v) is 6.36. The number of nitrogens with one attached hydrogen (secondary N) is 2. The molecule has 0 aromatic heterocycles. The van der Waals surface area contributed by atoms with E-state index in [1.54, 1.807) is 0 Å². The maximum atomic E-state index is 12.1. The lowest BCUT2D eigenvalue weighted by Gasteiger charge is -2.31. The molecule has 2 aliphatic heterocycles. The highest BCUT2D eigenvalue weighted by Crippen LogP contribution is 2.25. The summed E-state index contributed by atoms with van der Waals surface area (Å²) in [5.74, 6) is -0.911. The Labute approximate surface area is 141 Å². The third-order valence-corrected chi connectivity index (χ3v) is 3.97. The van der Waals surface area contributed by atoms with Crippen LogP contribution in [0.5, 0.6) is 0 Å². The molecule has 0 aromatic rings. The summed E-state index contributed by atoms with van der Waals surface area (Å²) < 4.78 is 0. The van der Waals surface area contributed by atoms with Crippen LogP contribution in [0.3, 0.4) is 0 Å². The molecule has 2 heterocycles. The predicted molar refractivity (Wildman–Crippen MR) is 93.3 cm³/mol. The van der Waals surface area contributed by atoms with E-state index >= 15 is 0 Å². The lowest BCUT2D eigenvalue weighted by Crippen LogP contribution is -2.51. The van der Waals surface area contributed by atoms with E-state index in [0.717, 1.165) is 30.9 Å². The quantitative estimate of drug-likeness (QED) is 0.454. The highest BCUT2D eigenvalue weighted by Gasteiger charge is 2.29. The fourth-order valence-corrected chi connectivity index (χ4v) is 2.88. The predicted octanol–water partition coefficient (Wildman–Crippen LogP) is 0.889. The summed E-state index contributed by atoms with van der Waals surface area (Å²) in [6, 6.07) is 0. The standard InChI is InChI=1S/C16H22N4O2S/c1-10-8-12(13-14(21)17-16(23)18-15(13)22)9-11(2)20(10)7-5-6-19(3)4/h8-9H,5-7H2,1-4H3,(H2,17,18,21,22,23). The molecule has 0 radical (unpaired) electrons. The number of carbonyl (C=O) groups is 2. The van der Waals surface area contributed by atoms with Gasteiger partial charge in [0.05, 0.1) is 0 Å². The van der Waals surface area contributed by atoms with Crippen molar-refractivity contribution < 1.29 is 9.59 Å². The summed E-state index contributed by atoms with van der Waals surface area (Å²) in [4.78, 5) is 28.5. The van der Waals surface area contributed by atoms with Gasteiger partial charge in [-0.3, -0.25) is 20.2 Å². The van der Waals surface area contributed by atoms with E-state index in [9.17, 15) is 9.59 Å². The van der Waals surface area contributed by atoms with Gasteiger partial charge >= 0.3 is 0 Å². The second-order valence-electron chi connectivity index (χ2n) is 5.95. The van der Waals surface area contributed by atoms with Gasteiger partial charge in [0, 0.05) is 17.9 Å². The Kier molecular flexibility index (Phi) is 5.33. The van der Waals surface area contributed by atoms with E-state index in [1.165, 1.54) is 0 Å². The normalized spacial score (nSPS) is 18.8. The van der Waals surface area contributed by atoms with E-state index in [1.807, 2.05) is 26.0 Å². The molecule has 6 nitrogen and oxygen atoms in total. The fraction of sp³-hybridized carbons (Fsp3) is 0.438. The zero-order valence-corrected chi connectivity index (χ0v) is 14.7. The molecule has 23 heavy (non-hydrogen) atoms. The summed E-state index contributed by atoms with van der Waals surface area (Å²) in [6.45, 7) is 5.87. The van der Waals surface area contributed by atoms with Gasteiger partial charge in [-0.05, 0) is 70.9 Å². The van der Waals surface area contributed by atoms with Gasteiger partial charge in [-0.1, -0.05) is 0 Å². The van der Waals surface area contributed by atoms with Crippen LogP contribution < -0.4 is 10.6 Å². The van der Waals surface area contributed by atoms with Crippen LogP contribution >= 0.6 is 12.2 Å².